The zero-order valence-electron chi connectivity index (χ0n) is 13.3. The van der Waals surface area contributed by atoms with Gasteiger partial charge in [0, 0.05) is 34.9 Å². The lowest BCUT2D eigenvalue weighted by atomic mass is 10.3. The second-order valence-corrected chi connectivity index (χ2v) is 6.82. The van der Waals surface area contributed by atoms with Crippen LogP contribution in [0, 0.1) is 0 Å². The van der Waals surface area contributed by atoms with Crippen LogP contribution in [0.5, 0.6) is 0 Å². The molecule has 2 N–H and O–H groups in total. The van der Waals surface area contributed by atoms with E-state index in [1.165, 1.54) is 22.7 Å². The van der Waals surface area contributed by atoms with E-state index in [0.29, 0.717) is 10.9 Å². The van der Waals surface area contributed by atoms with E-state index in [1.807, 2.05) is 35.7 Å². The Balaban J connectivity index is 1.40. The fourth-order valence-electron chi connectivity index (χ4n) is 2.17. The van der Waals surface area contributed by atoms with Gasteiger partial charge in [0.2, 0.25) is 0 Å². The molecule has 0 unspecified atom stereocenters. The Labute approximate surface area is 156 Å². The van der Waals surface area contributed by atoms with Crippen LogP contribution in [0.25, 0.3) is 22.0 Å². The molecule has 4 heterocycles. The Morgan fingerprint density at radius 1 is 0.885 bits per heavy atom. The number of hydrogen-bond acceptors (Lipinski definition) is 7. The fourth-order valence-corrected chi connectivity index (χ4v) is 3.62. The van der Waals surface area contributed by atoms with E-state index in [-0.39, 0.29) is 0 Å². The number of anilines is 2. The molecule has 4 aromatic heterocycles. The molecule has 0 saturated carbocycles. The number of aromatic nitrogens is 4. The smallest absolute Gasteiger partial charge is 0.291 e. The molecule has 0 aromatic carbocycles. The van der Waals surface area contributed by atoms with Crippen LogP contribution in [-0.2, 0) is 0 Å². The average molecular weight is 380 g/mol. The van der Waals surface area contributed by atoms with Gasteiger partial charge in [-0.05, 0) is 24.3 Å². The van der Waals surface area contributed by atoms with Gasteiger partial charge in [0.1, 0.15) is 16.5 Å². The Kier molecular flexibility index (Phi) is 4.63. The molecule has 4 aromatic rings. The van der Waals surface area contributed by atoms with Gasteiger partial charge in [-0.15, -0.1) is 22.7 Å². The molecule has 0 aliphatic heterocycles. The third-order valence-electron chi connectivity index (χ3n) is 3.33. The van der Waals surface area contributed by atoms with Crippen molar-refractivity contribution in [3.05, 3.63) is 59.7 Å². The SMILES string of the molecule is O=C(Nc1csc(-c2ccncc2)n1)Nc1nc(-c2ccccn2)cs1. The summed E-state index contributed by atoms with van der Waals surface area (Å²) in [5.41, 5.74) is 2.44. The van der Waals surface area contributed by atoms with Crippen molar-refractivity contribution >= 4 is 39.7 Å². The molecule has 4 rings (SSSR count). The number of nitrogens with one attached hydrogen (secondary N) is 2. The third kappa shape index (κ3) is 3.73. The van der Waals surface area contributed by atoms with Gasteiger partial charge in [-0.3, -0.25) is 20.6 Å². The highest BCUT2D eigenvalue weighted by Crippen LogP contribution is 2.26. The number of pyridine rings is 2. The Bertz CT molecular complexity index is 934. The lowest BCUT2D eigenvalue weighted by Crippen LogP contribution is -2.19. The van der Waals surface area contributed by atoms with Gasteiger partial charge in [-0.1, -0.05) is 6.07 Å². The molecule has 2 amide bonds. The maximum absolute atomic E-state index is 12.2. The van der Waals surface area contributed by atoms with Crippen molar-refractivity contribution in [2.45, 2.75) is 0 Å². The van der Waals surface area contributed by atoms with Crippen molar-refractivity contribution in [2.24, 2.45) is 0 Å². The highest BCUT2D eigenvalue weighted by Gasteiger charge is 2.11. The van der Waals surface area contributed by atoms with Crippen LogP contribution in [0.15, 0.2) is 59.7 Å². The maximum Gasteiger partial charge on any atom is 0.326 e. The van der Waals surface area contributed by atoms with Crippen LogP contribution in [0.3, 0.4) is 0 Å². The highest BCUT2D eigenvalue weighted by atomic mass is 32.1. The summed E-state index contributed by atoms with van der Waals surface area (Å²) in [6.45, 7) is 0. The van der Waals surface area contributed by atoms with E-state index in [9.17, 15) is 4.79 Å². The van der Waals surface area contributed by atoms with E-state index in [0.717, 1.165) is 22.0 Å². The van der Waals surface area contributed by atoms with E-state index in [1.54, 1.807) is 24.0 Å². The average Bonchev–Trinajstić information content (AvgIpc) is 3.33. The Hall–Kier alpha value is -3.17. The van der Waals surface area contributed by atoms with Crippen LogP contribution in [-0.4, -0.2) is 26.0 Å². The molecule has 0 atom stereocenters. The summed E-state index contributed by atoms with van der Waals surface area (Å²) in [5.74, 6) is 0.487. The number of carbonyl (C=O) groups is 1. The van der Waals surface area contributed by atoms with Crippen molar-refractivity contribution in [3.63, 3.8) is 0 Å². The standard InChI is InChI=1S/C17H12N6OS2/c24-16(22-14-10-25-15(21-14)11-4-7-18-8-5-11)23-17-20-13(9-26-17)12-3-1-2-6-19-12/h1-10H,(H2,20,22,23,24). The third-order valence-corrected chi connectivity index (χ3v) is 4.97. The molecule has 0 bridgehead atoms. The van der Waals surface area contributed by atoms with E-state index in [2.05, 4.69) is 30.6 Å². The first-order chi connectivity index (χ1) is 12.8. The first-order valence-corrected chi connectivity index (χ1v) is 9.35. The topological polar surface area (TPSA) is 92.7 Å². The Morgan fingerprint density at radius 2 is 1.77 bits per heavy atom. The summed E-state index contributed by atoms with van der Waals surface area (Å²) in [5, 5.41) is 10.4. The van der Waals surface area contributed by atoms with Crippen LogP contribution >= 0.6 is 22.7 Å². The molecule has 0 fully saturated rings. The van der Waals surface area contributed by atoms with Crippen LogP contribution in [0.4, 0.5) is 15.7 Å². The van der Waals surface area contributed by atoms with Gasteiger partial charge in [-0.25, -0.2) is 14.8 Å². The van der Waals surface area contributed by atoms with E-state index >= 15 is 0 Å². The number of rotatable bonds is 4. The van der Waals surface area contributed by atoms with Gasteiger partial charge < -0.3 is 0 Å². The number of carbonyl (C=O) groups excluding carboxylic acids is 1. The molecular formula is C17H12N6OS2. The molecule has 0 radical (unpaired) electrons. The van der Waals surface area contributed by atoms with Crippen molar-refractivity contribution in [3.8, 4) is 22.0 Å². The number of nitrogens with zero attached hydrogens (tertiary/aromatic N) is 4. The molecule has 128 valence electrons. The largest absolute Gasteiger partial charge is 0.326 e. The predicted octanol–water partition coefficient (Wildman–Crippen LogP) is 4.37. The minimum atomic E-state index is -0.390. The van der Waals surface area contributed by atoms with E-state index in [4.69, 9.17) is 0 Å². The first kappa shape index (κ1) is 16.3. The number of thiazole rings is 2. The minimum Gasteiger partial charge on any atom is -0.291 e. The number of amides is 2. The lowest BCUT2D eigenvalue weighted by Gasteiger charge is -2.02. The lowest BCUT2D eigenvalue weighted by molar-refractivity contribution is 0.262. The fraction of sp³-hybridized carbons (Fsp3) is 0. The molecule has 9 heteroatoms. The zero-order valence-corrected chi connectivity index (χ0v) is 14.9. The normalized spacial score (nSPS) is 10.5. The quantitative estimate of drug-likeness (QED) is 0.548. The highest BCUT2D eigenvalue weighted by molar-refractivity contribution is 7.14. The Morgan fingerprint density at radius 3 is 2.58 bits per heavy atom. The summed E-state index contributed by atoms with van der Waals surface area (Å²) in [6, 6.07) is 8.96. The van der Waals surface area contributed by atoms with Crippen molar-refractivity contribution in [1.82, 2.24) is 19.9 Å². The van der Waals surface area contributed by atoms with Gasteiger partial charge in [-0.2, -0.15) is 0 Å². The van der Waals surface area contributed by atoms with Gasteiger partial charge >= 0.3 is 6.03 Å². The molecule has 0 aliphatic carbocycles. The van der Waals surface area contributed by atoms with Gasteiger partial charge in [0.15, 0.2) is 5.13 Å². The van der Waals surface area contributed by atoms with Gasteiger partial charge in [0.05, 0.1) is 5.69 Å². The molecule has 0 aliphatic rings. The molecule has 7 nitrogen and oxygen atoms in total. The van der Waals surface area contributed by atoms with Crippen molar-refractivity contribution in [2.75, 3.05) is 10.6 Å². The van der Waals surface area contributed by atoms with Crippen LogP contribution < -0.4 is 10.6 Å². The second-order valence-electron chi connectivity index (χ2n) is 5.11. The second kappa shape index (κ2) is 7.38. The van der Waals surface area contributed by atoms with Crippen LogP contribution in [0.1, 0.15) is 0 Å². The summed E-state index contributed by atoms with van der Waals surface area (Å²) in [7, 11) is 0. The van der Waals surface area contributed by atoms with Crippen LogP contribution in [0.2, 0.25) is 0 Å². The predicted molar refractivity (Wildman–Crippen MR) is 103 cm³/mol. The maximum atomic E-state index is 12.2. The molecule has 0 saturated heterocycles. The number of urea groups is 1. The summed E-state index contributed by atoms with van der Waals surface area (Å²) >= 11 is 2.79. The zero-order chi connectivity index (χ0) is 17.8. The summed E-state index contributed by atoms with van der Waals surface area (Å²) in [6.07, 6.45) is 5.12. The van der Waals surface area contributed by atoms with Crippen molar-refractivity contribution < 1.29 is 4.79 Å². The molecular weight excluding hydrogens is 368 g/mol. The van der Waals surface area contributed by atoms with Crippen molar-refractivity contribution in [1.29, 1.82) is 0 Å². The number of hydrogen-bond donors (Lipinski definition) is 2. The monoisotopic (exact) mass is 380 g/mol. The summed E-state index contributed by atoms with van der Waals surface area (Å²) < 4.78 is 0. The van der Waals surface area contributed by atoms with Gasteiger partial charge in [0.25, 0.3) is 0 Å². The summed E-state index contributed by atoms with van der Waals surface area (Å²) in [4.78, 5) is 29.2. The molecule has 26 heavy (non-hydrogen) atoms. The molecule has 0 spiro atoms. The van der Waals surface area contributed by atoms with E-state index < -0.39 is 6.03 Å². The first-order valence-electron chi connectivity index (χ1n) is 7.59. The minimum absolute atomic E-state index is 0.390.